The Morgan fingerprint density at radius 1 is 0.821 bits per heavy atom. The van der Waals surface area contributed by atoms with Crippen molar-refractivity contribution in [2.45, 2.75) is 128 Å². The summed E-state index contributed by atoms with van der Waals surface area (Å²) < 4.78 is 24.3. The number of ether oxygens (including phenoxy) is 3. The SMILES string of the molecule is CC(C)[Si](OCCCCCCC[C@@H]1OC[C@H]2OCCC[C@@H]2O1)(C(C)C)C(C)C. The van der Waals surface area contributed by atoms with Gasteiger partial charge in [-0.15, -0.1) is 0 Å². The van der Waals surface area contributed by atoms with E-state index < -0.39 is 8.32 Å². The Hall–Kier alpha value is 0.0569. The predicted octanol–water partition coefficient (Wildman–Crippen LogP) is 6.44. The summed E-state index contributed by atoms with van der Waals surface area (Å²) in [7, 11) is -1.68. The molecule has 0 unspecified atom stereocenters. The van der Waals surface area contributed by atoms with E-state index in [1.807, 2.05) is 0 Å². The molecule has 0 aromatic rings. The van der Waals surface area contributed by atoms with Crippen LogP contribution < -0.4 is 0 Å². The molecule has 4 nitrogen and oxygen atoms in total. The van der Waals surface area contributed by atoms with Gasteiger partial charge in [-0.25, -0.2) is 0 Å². The lowest BCUT2D eigenvalue weighted by Gasteiger charge is -2.42. The maximum atomic E-state index is 6.65. The zero-order valence-electron chi connectivity index (χ0n) is 19.4. The molecule has 3 atom stereocenters. The molecule has 2 saturated heterocycles. The van der Waals surface area contributed by atoms with Crippen LogP contribution in [0.1, 0.15) is 92.9 Å². The Labute approximate surface area is 175 Å². The number of fused-ring (bicyclic) bond motifs is 1. The summed E-state index contributed by atoms with van der Waals surface area (Å²) in [4.78, 5) is 0. The zero-order chi connectivity index (χ0) is 20.6. The number of rotatable bonds is 12. The standard InChI is InChI=1S/C23H46O4Si/c1-18(2)28(19(3)4,20(5)6)26-16-11-9-7-8-10-14-23-25-17-22-21(27-23)13-12-15-24-22/h18-23H,7-17H2,1-6H3/t21-,22+,23+/m0/s1. The van der Waals surface area contributed by atoms with Gasteiger partial charge in [0.15, 0.2) is 14.6 Å². The maximum absolute atomic E-state index is 6.65. The van der Waals surface area contributed by atoms with E-state index >= 15 is 0 Å². The first-order valence-electron chi connectivity index (χ1n) is 11.9. The number of unbranched alkanes of at least 4 members (excludes halogenated alkanes) is 4. The zero-order valence-corrected chi connectivity index (χ0v) is 20.4. The predicted molar refractivity (Wildman–Crippen MR) is 118 cm³/mol. The van der Waals surface area contributed by atoms with E-state index in [9.17, 15) is 0 Å². The van der Waals surface area contributed by atoms with Crippen molar-refractivity contribution in [2.24, 2.45) is 0 Å². The minimum atomic E-state index is -1.68. The fourth-order valence-corrected chi connectivity index (χ4v) is 10.9. The molecule has 2 fully saturated rings. The van der Waals surface area contributed by atoms with Gasteiger partial charge in [0.05, 0.1) is 12.7 Å². The third kappa shape index (κ3) is 6.53. The van der Waals surface area contributed by atoms with Crippen molar-refractivity contribution in [3.63, 3.8) is 0 Å². The highest BCUT2D eigenvalue weighted by Gasteiger charge is 2.44. The lowest BCUT2D eigenvalue weighted by Crippen LogP contribution is -2.47. The van der Waals surface area contributed by atoms with Gasteiger partial charge in [-0.2, -0.15) is 0 Å². The highest BCUT2D eigenvalue weighted by molar-refractivity contribution is 6.77. The van der Waals surface area contributed by atoms with E-state index in [-0.39, 0.29) is 18.5 Å². The monoisotopic (exact) mass is 414 g/mol. The van der Waals surface area contributed by atoms with Crippen molar-refractivity contribution in [3.8, 4) is 0 Å². The highest BCUT2D eigenvalue weighted by atomic mass is 28.4. The Morgan fingerprint density at radius 3 is 2.14 bits per heavy atom. The molecule has 28 heavy (non-hydrogen) atoms. The largest absolute Gasteiger partial charge is 0.416 e. The van der Waals surface area contributed by atoms with Gasteiger partial charge in [0.2, 0.25) is 0 Å². The van der Waals surface area contributed by atoms with Gasteiger partial charge in [0, 0.05) is 13.2 Å². The quantitative estimate of drug-likeness (QED) is 0.272. The van der Waals surface area contributed by atoms with Crippen molar-refractivity contribution in [2.75, 3.05) is 19.8 Å². The molecule has 0 aliphatic carbocycles. The van der Waals surface area contributed by atoms with E-state index in [0.29, 0.717) is 23.2 Å². The molecule has 2 aliphatic rings. The molecule has 2 aliphatic heterocycles. The molecule has 0 saturated carbocycles. The molecular weight excluding hydrogens is 368 g/mol. The van der Waals surface area contributed by atoms with Gasteiger partial charge >= 0.3 is 0 Å². The molecule has 2 rings (SSSR count). The fourth-order valence-electron chi connectivity index (χ4n) is 5.40. The van der Waals surface area contributed by atoms with Crippen LogP contribution in [0.4, 0.5) is 0 Å². The third-order valence-electron chi connectivity index (χ3n) is 6.80. The molecule has 166 valence electrons. The van der Waals surface area contributed by atoms with Gasteiger partial charge in [-0.3, -0.25) is 0 Å². The van der Waals surface area contributed by atoms with Crippen LogP contribution >= 0.6 is 0 Å². The Bertz CT molecular complexity index is 405. The fraction of sp³-hybridized carbons (Fsp3) is 1.00. The van der Waals surface area contributed by atoms with Crippen molar-refractivity contribution in [1.29, 1.82) is 0 Å². The second-order valence-corrected chi connectivity index (χ2v) is 15.2. The van der Waals surface area contributed by atoms with Gasteiger partial charge in [0.25, 0.3) is 0 Å². The molecule has 0 N–H and O–H groups in total. The van der Waals surface area contributed by atoms with Crippen molar-refractivity contribution < 1.29 is 18.6 Å². The normalized spacial score (nSPS) is 26.2. The smallest absolute Gasteiger partial charge is 0.200 e. The number of hydrogen-bond acceptors (Lipinski definition) is 4. The molecule has 0 aromatic heterocycles. The van der Waals surface area contributed by atoms with Gasteiger partial charge in [-0.1, -0.05) is 60.8 Å². The molecule has 5 heteroatoms. The summed E-state index contributed by atoms with van der Waals surface area (Å²) in [5.74, 6) is 0. The summed E-state index contributed by atoms with van der Waals surface area (Å²) in [6.45, 7) is 16.7. The first kappa shape index (κ1) is 24.3. The summed E-state index contributed by atoms with van der Waals surface area (Å²) in [5, 5.41) is 0. The van der Waals surface area contributed by atoms with Crippen LogP contribution in [-0.4, -0.2) is 46.6 Å². The summed E-state index contributed by atoms with van der Waals surface area (Å²) >= 11 is 0. The summed E-state index contributed by atoms with van der Waals surface area (Å²) in [6, 6.07) is 0. The Balaban J connectivity index is 1.54. The highest BCUT2D eigenvalue weighted by Crippen LogP contribution is 2.42. The lowest BCUT2D eigenvalue weighted by atomic mass is 10.0. The molecule has 0 spiro atoms. The topological polar surface area (TPSA) is 36.9 Å². The maximum Gasteiger partial charge on any atom is 0.200 e. The lowest BCUT2D eigenvalue weighted by molar-refractivity contribution is -0.274. The molecule has 2 heterocycles. The van der Waals surface area contributed by atoms with Crippen LogP contribution in [0, 0.1) is 0 Å². The van der Waals surface area contributed by atoms with E-state index in [2.05, 4.69) is 41.5 Å². The van der Waals surface area contributed by atoms with Crippen LogP contribution in [0.5, 0.6) is 0 Å². The minimum absolute atomic E-state index is 0.0129. The number of hydrogen-bond donors (Lipinski definition) is 0. The molecular formula is C23H46O4Si. The second-order valence-electron chi connectivity index (χ2n) is 9.71. The van der Waals surface area contributed by atoms with Crippen LogP contribution in [-0.2, 0) is 18.6 Å². The first-order chi connectivity index (χ1) is 13.4. The second kappa shape index (κ2) is 12.0. The van der Waals surface area contributed by atoms with E-state index in [0.717, 1.165) is 32.5 Å². The first-order valence-corrected chi connectivity index (χ1v) is 14.0. The minimum Gasteiger partial charge on any atom is -0.416 e. The van der Waals surface area contributed by atoms with Crippen molar-refractivity contribution in [1.82, 2.24) is 0 Å². The van der Waals surface area contributed by atoms with E-state index in [1.165, 1.54) is 32.1 Å². The van der Waals surface area contributed by atoms with Gasteiger partial charge < -0.3 is 18.6 Å². The van der Waals surface area contributed by atoms with Crippen molar-refractivity contribution in [3.05, 3.63) is 0 Å². The third-order valence-corrected chi connectivity index (χ3v) is 12.9. The van der Waals surface area contributed by atoms with E-state index in [4.69, 9.17) is 18.6 Å². The van der Waals surface area contributed by atoms with Crippen LogP contribution in [0.15, 0.2) is 0 Å². The van der Waals surface area contributed by atoms with E-state index in [1.54, 1.807) is 0 Å². The van der Waals surface area contributed by atoms with Crippen LogP contribution in [0.2, 0.25) is 16.6 Å². The molecule has 0 radical (unpaired) electrons. The van der Waals surface area contributed by atoms with Crippen LogP contribution in [0.3, 0.4) is 0 Å². The van der Waals surface area contributed by atoms with Gasteiger partial charge in [-0.05, 0) is 48.7 Å². The summed E-state index contributed by atoms with van der Waals surface area (Å²) in [5.41, 5.74) is 2.03. The molecule has 0 bridgehead atoms. The molecule has 0 aromatic carbocycles. The van der Waals surface area contributed by atoms with Crippen molar-refractivity contribution >= 4 is 8.32 Å². The Kier molecular flexibility index (Phi) is 10.5. The van der Waals surface area contributed by atoms with Crippen LogP contribution in [0.25, 0.3) is 0 Å². The summed E-state index contributed by atoms with van der Waals surface area (Å²) in [6.07, 6.45) is 9.86. The Morgan fingerprint density at radius 2 is 1.46 bits per heavy atom. The van der Waals surface area contributed by atoms with Gasteiger partial charge in [0.1, 0.15) is 6.10 Å². The molecule has 0 amide bonds. The average molecular weight is 415 g/mol. The average Bonchev–Trinajstić information content (AvgIpc) is 2.65.